The predicted octanol–water partition coefficient (Wildman–Crippen LogP) is 2.23. The van der Waals surface area contributed by atoms with Gasteiger partial charge in [-0.2, -0.15) is 0 Å². The van der Waals surface area contributed by atoms with Crippen LogP contribution in [0.3, 0.4) is 0 Å². The van der Waals surface area contributed by atoms with Crippen molar-refractivity contribution in [3.8, 4) is 11.8 Å². The predicted molar refractivity (Wildman–Crippen MR) is 79.0 cm³/mol. The second-order valence-corrected chi connectivity index (χ2v) is 5.42. The molecule has 19 heavy (non-hydrogen) atoms. The van der Waals surface area contributed by atoms with Gasteiger partial charge in [0.2, 0.25) is 0 Å². The standard InChI is InChI=1S/C15H21N3O/c1-11-8-12(6-5-7-16)10-13(9-11)17-14(19)18-15(2,3)4/h8-10H,7,16H2,1-4H3,(H2,17,18,19). The molecule has 0 aliphatic rings. The van der Waals surface area contributed by atoms with Crippen LogP contribution in [0.25, 0.3) is 0 Å². The van der Waals surface area contributed by atoms with E-state index in [2.05, 4.69) is 22.5 Å². The van der Waals surface area contributed by atoms with Crippen LogP contribution in [0, 0.1) is 18.8 Å². The maximum Gasteiger partial charge on any atom is 0.319 e. The van der Waals surface area contributed by atoms with Gasteiger partial charge in [-0.25, -0.2) is 4.79 Å². The lowest BCUT2D eigenvalue weighted by Gasteiger charge is -2.20. The fourth-order valence-electron chi connectivity index (χ4n) is 1.58. The molecule has 0 aromatic heterocycles. The molecule has 1 rings (SSSR count). The van der Waals surface area contributed by atoms with E-state index in [1.807, 2.05) is 45.9 Å². The zero-order valence-electron chi connectivity index (χ0n) is 11.9. The molecule has 0 spiro atoms. The van der Waals surface area contributed by atoms with Crippen molar-refractivity contribution in [2.24, 2.45) is 5.73 Å². The van der Waals surface area contributed by atoms with Crippen LogP contribution in [-0.4, -0.2) is 18.1 Å². The summed E-state index contributed by atoms with van der Waals surface area (Å²) in [6, 6.07) is 5.46. The Labute approximate surface area is 114 Å². The second kappa shape index (κ2) is 6.26. The minimum atomic E-state index is -0.268. The van der Waals surface area contributed by atoms with E-state index in [4.69, 9.17) is 5.73 Å². The number of urea groups is 1. The lowest BCUT2D eigenvalue weighted by molar-refractivity contribution is 0.244. The average Bonchev–Trinajstić information content (AvgIpc) is 2.22. The van der Waals surface area contributed by atoms with Gasteiger partial charge in [-0.15, -0.1) is 0 Å². The highest BCUT2D eigenvalue weighted by Gasteiger charge is 2.13. The van der Waals surface area contributed by atoms with Crippen LogP contribution in [0.2, 0.25) is 0 Å². The largest absolute Gasteiger partial charge is 0.333 e. The van der Waals surface area contributed by atoms with Gasteiger partial charge in [0.05, 0.1) is 6.54 Å². The lowest BCUT2D eigenvalue weighted by Crippen LogP contribution is -2.43. The van der Waals surface area contributed by atoms with E-state index in [9.17, 15) is 4.79 Å². The van der Waals surface area contributed by atoms with Gasteiger partial charge in [0.15, 0.2) is 0 Å². The number of benzene rings is 1. The van der Waals surface area contributed by atoms with Crippen molar-refractivity contribution in [1.29, 1.82) is 0 Å². The second-order valence-electron chi connectivity index (χ2n) is 5.42. The average molecular weight is 259 g/mol. The first-order valence-electron chi connectivity index (χ1n) is 6.20. The van der Waals surface area contributed by atoms with Gasteiger partial charge in [0, 0.05) is 16.8 Å². The Hall–Kier alpha value is -1.99. The van der Waals surface area contributed by atoms with Gasteiger partial charge < -0.3 is 16.4 Å². The van der Waals surface area contributed by atoms with E-state index in [0.29, 0.717) is 6.54 Å². The smallest absolute Gasteiger partial charge is 0.319 e. The van der Waals surface area contributed by atoms with E-state index < -0.39 is 0 Å². The summed E-state index contributed by atoms with van der Waals surface area (Å²) in [4.78, 5) is 11.8. The summed E-state index contributed by atoms with van der Waals surface area (Å²) in [6.45, 7) is 8.07. The Kier molecular flexibility index (Phi) is 4.96. The Morgan fingerprint density at radius 1 is 1.32 bits per heavy atom. The zero-order valence-corrected chi connectivity index (χ0v) is 11.9. The van der Waals surface area contributed by atoms with Crippen molar-refractivity contribution < 1.29 is 4.79 Å². The number of rotatable bonds is 1. The number of nitrogens with one attached hydrogen (secondary N) is 2. The Morgan fingerprint density at radius 3 is 2.58 bits per heavy atom. The number of carbonyl (C=O) groups is 1. The number of carbonyl (C=O) groups excluding carboxylic acids is 1. The number of nitrogens with two attached hydrogens (primary N) is 1. The molecule has 0 unspecified atom stereocenters. The highest BCUT2D eigenvalue weighted by atomic mass is 16.2. The van der Waals surface area contributed by atoms with Crippen LogP contribution in [-0.2, 0) is 0 Å². The van der Waals surface area contributed by atoms with Crippen LogP contribution in [0.5, 0.6) is 0 Å². The molecule has 4 nitrogen and oxygen atoms in total. The zero-order chi connectivity index (χ0) is 14.5. The highest BCUT2D eigenvalue weighted by molar-refractivity contribution is 5.90. The number of amides is 2. The molecule has 4 N–H and O–H groups in total. The van der Waals surface area contributed by atoms with Crippen molar-refractivity contribution in [3.05, 3.63) is 29.3 Å². The minimum Gasteiger partial charge on any atom is -0.333 e. The monoisotopic (exact) mass is 259 g/mol. The summed E-state index contributed by atoms with van der Waals surface area (Å²) in [5, 5.41) is 5.65. The molecule has 0 saturated carbocycles. The lowest BCUT2D eigenvalue weighted by atomic mass is 10.1. The molecule has 0 aliphatic heterocycles. The molecule has 4 heteroatoms. The van der Waals surface area contributed by atoms with Crippen molar-refractivity contribution in [3.63, 3.8) is 0 Å². The summed E-state index contributed by atoms with van der Waals surface area (Å²) in [6.07, 6.45) is 0. The number of hydrogen-bond acceptors (Lipinski definition) is 2. The molecule has 0 aliphatic carbocycles. The van der Waals surface area contributed by atoms with Crippen LogP contribution in [0.1, 0.15) is 31.9 Å². The van der Waals surface area contributed by atoms with Crippen LogP contribution >= 0.6 is 0 Å². The molecule has 1 aromatic rings. The van der Waals surface area contributed by atoms with Crippen LogP contribution < -0.4 is 16.4 Å². The van der Waals surface area contributed by atoms with E-state index >= 15 is 0 Å². The summed E-state index contributed by atoms with van der Waals surface area (Å²) >= 11 is 0. The van der Waals surface area contributed by atoms with Crippen LogP contribution in [0.15, 0.2) is 18.2 Å². The van der Waals surface area contributed by atoms with E-state index in [1.54, 1.807) is 0 Å². The topological polar surface area (TPSA) is 67.1 Å². The molecule has 0 fully saturated rings. The highest BCUT2D eigenvalue weighted by Crippen LogP contribution is 2.14. The van der Waals surface area contributed by atoms with E-state index in [-0.39, 0.29) is 11.6 Å². The van der Waals surface area contributed by atoms with Gasteiger partial charge >= 0.3 is 6.03 Å². The number of aryl methyl sites for hydroxylation is 1. The summed E-state index contributed by atoms with van der Waals surface area (Å²) in [5.41, 5.74) is 7.69. The first-order valence-corrected chi connectivity index (χ1v) is 6.20. The van der Waals surface area contributed by atoms with Gasteiger partial charge in [-0.05, 0) is 51.5 Å². The maximum absolute atomic E-state index is 11.8. The summed E-state index contributed by atoms with van der Waals surface area (Å²) in [7, 11) is 0. The third-order valence-corrected chi connectivity index (χ3v) is 2.16. The molecule has 0 bridgehead atoms. The Bertz CT molecular complexity index is 518. The maximum atomic E-state index is 11.8. The number of hydrogen-bond donors (Lipinski definition) is 3. The van der Waals surface area contributed by atoms with Gasteiger partial charge in [0.1, 0.15) is 0 Å². The fraction of sp³-hybridized carbons (Fsp3) is 0.400. The summed E-state index contributed by atoms with van der Waals surface area (Å²) in [5.74, 6) is 5.76. The molecule has 0 heterocycles. The fourth-order valence-corrected chi connectivity index (χ4v) is 1.58. The SMILES string of the molecule is Cc1cc(C#CCN)cc(NC(=O)NC(C)(C)C)c1. The van der Waals surface area contributed by atoms with Gasteiger partial charge in [-0.1, -0.05) is 11.8 Å². The molecule has 1 aromatic carbocycles. The summed E-state index contributed by atoms with van der Waals surface area (Å²) < 4.78 is 0. The molecule has 0 saturated heterocycles. The molecule has 0 atom stereocenters. The normalized spacial score (nSPS) is 10.4. The van der Waals surface area contributed by atoms with E-state index in [1.165, 1.54) is 0 Å². The van der Waals surface area contributed by atoms with Crippen molar-refractivity contribution in [2.45, 2.75) is 33.2 Å². The van der Waals surface area contributed by atoms with E-state index in [0.717, 1.165) is 16.8 Å². The molecule has 0 radical (unpaired) electrons. The first kappa shape index (κ1) is 15.1. The third-order valence-electron chi connectivity index (χ3n) is 2.16. The molecular formula is C15H21N3O. The Morgan fingerprint density at radius 2 is 2.00 bits per heavy atom. The van der Waals surface area contributed by atoms with Crippen molar-refractivity contribution in [2.75, 3.05) is 11.9 Å². The van der Waals surface area contributed by atoms with Crippen LogP contribution in [0.4, 0.5) is 10.5 Å². The van der Waals surface area contributed by atoms with Crippen molar-refractivity contribution >= 4 is 11.7 Å². The minimum absolute atomic E-state index is 0.226. The van der Waals surface area contributed by atoms with Gasteiger partial charge in [-0.3, -0.25) is 0 Å². The molecule has 102 valence electrons. The molecule has 2 amide bonds. The quantitative estimate of drug-likeness (QED) is 0.677. The number of anilines is 1. The first-order chi connectivity index (χ1) is 8.80. The molecular weight excluding hydrogens is 238 g/mol. The van der Waals surface area contributed by atoms with Crippen molar-refractivity contribution in [1.82, 2.24) is 5.32 Å². The van der Waals surface area contributed by atoms with Gasteiger partial charge in [0.25, 0.3) is 0 Å². The third kappa shape index (κ3) is 5.94. The Balaban J connectivity index is 2.84.